The Balaban J connectivity index is 2.54. The van der Waals surface area contributed by atoms with Crippen molar-refractivity contribution in [1.82, 2.24) is 0 Å². The van der Waals surface area contributed by atoms with Gasteiger partial charge in [-0.3, -0.25) is 0 Å². The molecule has 6 heteroatoms. The van der Waals surface area contributed by atoms with Crippen LogP contribution in [0.3, 0.4) is 0 Å². The summed E-state index contributed by atoms with van der Waals surface area (Å²) >= 11 is 0. The highest BCUT2D eigenvalue weighted by Gasteiger charge is 2.38. The van der Waals surface area contributed by atoms with Crippen LogP contribution in [0.4, 0.5) is 13.2 Å². The fourth-order valence-corrected chi connectivity index (χ4v) is 1.32. The van der Waals surface area contributed by atoms with E-state index >= 15 is 0 Å². The van der Waals surface area contributed by atoms with E-state index in [1.165, 1.54) is 12.1 Å². The summed E-state index contributed by atoms with van der Waals surface area (Å²) in [6, 6.07) is 6.37. The fourth-order valence-electron chi connectivity index (χ4n) is 1.32. The normalized spacial score (nSPS) is 15.2. The van der Waals surface area contributed by atoms with Crippen molar-refractivity contribution in [3.8, 4) is 5.75 Å². The maximum Gasteiger partial charge on any atom is 0.417 e. The van der Waals surface area contributed by atoms with Crippen molar-refractivity contribution in [2.24, 2.45) is 5.73 Å². The lowest BCUT2D eigenvalue weighted by Gasteiger charge is -2.15. The van der Waals surface area contributed by atoms with Crippen LogP contribution >= 0.6 is 0 Å². The predicted molar refractivity (Wildman–Crippen MR) is 61.2 cm³/mol. The van der Waals surface area contributed by atoms with Crippen LogP contribution in [0.1, 0.15) is 24.9 Å². The quantitative estimate of drug-likeness (QED) is 0.857. The molecule has 1 rings (SSSR count). The molecule has 0 spiro atoms. The molecule has 0 bridgehead atoms. The molecular formula is C12H16F3NO2. The van der Waals surface area contributed by atoms with Crippen LogP contribution in [0.2, 0.25) is 0 Å². The molecule has 18 heavy (non-hydrogen) atoms. The maximum absolute atomic E-state index is 12.0. The van der Waals surface area contributed by atoms with E-state index in [0.29, 0.717) is 0 Å². The molecule has 0 heterocycles. The van der Waals surface area contributed by atoms with Crippen LogP contribution in [-0.4, -0.2) is 24.0 Å². The second kappa shape index (κ2) is 6.06. The molecule has 0 aliphatic heterocycles. The third-order valence-corrected chi connectivity index (χ3v) is 2.53. The average Bonchev–Trinajstić information content (AvgIpc) is 2.34. The van der Waals surface area contributed by atoms with Crippen LogP contribution < -0.4 is 10.5 Å². The Bertz CT molecular complexity index is 365. The van der Waals surface area contributed by atoms with Gasteiger partial charge < -0.3 is 15.6 Å². The highest BCUT2D eigenvalue weighted by molar-refractivity contribution is 5.29. The number of benzene rings is 1. The third-order valence-electron chi connectivity index (χ3n) is 2.53. The number of aliphatic hydroxyl groups excluding tert-OH is 1. The summed E-state index contributed by atoms with van der Waals surface area (Å²) in [6.07, 6.45) is -6.37. The van der Waals surface area contributed by atoms with Gasteiger partial charge in [0.15, 0.2) is 6.10 Å². The maximum atomic E-state index is 12.0. The Morgan fingerprint density at radius 1 is 1.28 bits per heavy atom. The molecule has 2 unspecified atom stereocenters. The van der Waals surface area contributed by atoms with E-state index in [1.807, 2.05) is 6.92 Å². The molecule has 0 amide bonds. The Kier molecular flexibility index (Phi) is 4.98. The molecular weight excluding hydrogens is 247 g/mol. The zero-order chi connectivity index (χ0) is 13.8. The fraction of sp³-hybridized carbons (Fsp3) is 0.500. The minimum absolute atomic E-state index is 0.0974. The van der Waals surface area contributed by atoms with Crippen LogP contribution in [0, 0.1) is 0 Å². The summed E-state index contributed by atoms with van der Waals surface area (Å²) in [5.74, 6) is 0.269. The van der Waals surface area contributed by atoms with Gasteiger partial charge in [-0.2, -0.15) is 13.2 Å². The van der Waals surface area contributed by atoms with Gasteiger partial charge in [-0.05, 0) is 24.1 Å². The first-order valence-corrected chi connectivity index (χ1v) is 5.57. The van der Waals surface area contributed by atoms with E-state index in [1.54, 1.807) is 12.1 Å². The van der Waals surface area contributed by atoms with Gasteiger partial charge in [-0.15, -0.1) is 0 Å². The summed E-state index contributed by atoms with van der Waals surface area (Å²) in [6.45, 7) is 1.12. The van der Waals surface area contributed by atoms with E-state index < -0.39 is 18.9 Å². The number of hydrogen-bond donors (Lipinski definition) is 2. The average molecular weight is 263 g/mol. The summed E-state index contributed by atoms with van der Waals surface area (Å²) in [4.78, 5) is 0. The number of rotatable bonds is 5. The first kappa shape index (κ1) is 14.8. The first-order valence-electron chi connectivity index (χ1n) is 5.57. The lowest BCUT2D eigenvalue weighted by Crippen LogP contribution is -2.34. The van der Waals surface area contributed by atoms with Gasteiger partial charge in [0.2, 0.25) is 0 Å². The van der Waals surface area contributed by atoms with Crippen molar-refractivity contribution in [3.05, 3.63) is 29.8 Å². The minimum atomic E-state index is -4.66. The van der Waals surface area contributed by atoms with E-state index in [4.69, 9.17) is 15.6 Å². The number of hydrogen-bond acceptors (Lipinski definition) is 3. The molecule has 0 aromatic heterocycles. The molecule has 3 nitrogen and oxygen atoms in total. The van der Waals surface area contributed by atoms with Gasteiger partial charge in [0, 0.05) is 6.04 Å². The van der Waals surface area contributed by atoms with Crippen molar-refractivity contribution in [1.29, 1.82) is 0 Å². The molecule has 0 aliphatic rings. The van der Waals surface area contributed by atoms with Gasteiger partial charge in [0.25, 0.3) is 0 Å². The van der Waals surface area contributed by atoms with Gasteiger partial charge >= 0.3 is 6.18 Å². The predicted octanol–water partition coefficient (Wildman–Crippen LogP) is 2.40. The Labute approximate surface area is 103 Å². The Hall–Kier alpha value is -1.27. The molecule has 0 fully saturated rings. The summed E-state index contributed by atoms with van der Waals surface area (Å²) < 4.78 is 40.9. The molecule has 3 N–H and O–H groups in total. The number of nitrogens with two attached hydrogens (primary N) is 1. The lowest BCUT2D eigenvalue weighted by atomic mass is 10.1. The first-order chi connectivity index (χ1) is 8.34. The number of aliphatic hydroxyl groups is 1. The topological polar surface area (TPSA) is 55.5 Å². The number of halogens is 3. The van der Waals surface area contributed by atoms with Gasteiger partial charge in [-0.25, -0.2) is 0 Å². The Morgan fingerprint density at radius 2 is 1.83 bits per heavy atom. The van der Waals surface area contributed by atoms with E-state index in [2.05, 4.69) is 0 Å². The number of ether oxygens (including phenoxy) is 1. The summed E-state index contributed by atoms with van der Waals surface area (Å²) in [7, 11) is 0. The highest BCUT2D eigenvalue weighted by Crippen LogP contribution is 2.22. The van der Waals surface area contributed by atoms with Crippen LogP contribution in [0.25, 0.3) is 0 Å². The summed E-state index contributed by atoms with van der Waals surface area (Å²) in [5.41, 5.74) is 6.68. The van der Waals surface area contributed by atoms with Crippen molar-refractivity contribution in [3.63, 3.8) is 0 Å². The van der Waals surface area contributed by atoms with Crippen LogP contribution in [-0.2, 0) is 0 Å². The standard InChI is InChI=1S/C12H16F3NO2/c1-2-10(16)8-3-5-9(6-4-8)18-7-11(17)12(13,14)15/h3-6,10-11,17H,2,7,16H2,1H3. The molecule has 0 saturated heterocycles. The molecule has 2 atom stereocenters. The zero-order valence-corrected chi connectivity index (χ0v) is 9.95. The van der Waals surface area contributed by atoms with Gasteiger partial charge in [-0.1, -0.05) is 19.1 Å². The van der Waals surface area contributed by atoms with Gasteiger partial charge in [0.05, 0.1) is 0 Å². The van der Waals surface area contributed by atoms with Gasteiger partial charge in [0.1, 0.15) is 12.4 Å². The van der Waals surface area contributed by atoms with E-state index in [0.717, 1.165) is 12.0 Å². The van der Waals surface area contributed by atoms with Crippen molar-refractivity contribution < 1.29 is 23.0 Å². The molecule has 0 aliphatic carbocycles. The molecule has 0 saturated carbocycles. The molecule has 102 valence electrons. The SMILES string of the molecule is CCC(N)c1ccc(OCC(O)C(F)(F)F)cc1. The highest BCUT2D eigenvalue weighted by atomic mass is 19.4. The number of alkyl halides is 3. The van der Waals surface area contributed by atoms with Crippen molar-refractivity contribution in [2.75, 3.05) is 6.61 Å². The van der Waals surface area contributed by atoms with Crippen LogP contribution in [0.15, 0.2) is 24.3 Å². The van der Waals surface area contributed by atoms with E-state index in [-0.39, 0.29) is 11.8 Å². The second-order valence-electron chi connectivity index (χ2n) is 3.95. The minimum Gasteiger partial charge on any atom is -0.491 e. The van der Waals surface area contributed by atoms with Crippen molar-refractivity contribution >= 4 is 0 Å². The van der Waals surface area contributed by atoms with E-state index in [9.17, 15) is 13.2 Å². The molecule has 1 aromatic rings. The summed E-state index contributed by atoms with van der Waals surface area (Å²) in [5, 5.41) is 8.76. The Morgan fingerprint density at radius 3 is 2.28 bits per heavy atom. The zero-order valence-electron chi connectivity index (χ0n) is 9.95. The smallest absolute Gasteiger partial charge is 0.417 e. The molecule has 0 radical (unpaired) electrons. The molecule has 1 aromatic carbocycles. The largest absolute Gasteiger partial charge is 0.491 e. The van der Waals surface area contributed by atoms with Crippen molar-refractivity contribution in [2.45, 2.75) is 31.7 Å². The third kappa shape index (κ3) is 4.19. The second-order valence-corrected chi connectivity index (χ2v) is 3.95. The van der Waals surface area contributed by atoms with Crippen LogP contribution in [0.5, 0.6) is 5.75 Å². The monoisotopic (exact) mass is 263 g/mol. The lowest BCUT2D eigenvalue weighted by molar-refractivity contribution is -0.210.